The summed E-state index contributed by atoms with van der Waals surface area (Å²) in [6.07, 6.45) is 3.08. The molecular weight excluding hydrogens is 280 g/mol. The molecule has 1 aliphatic heterocycles. The van der Waals surface area contributed by atoms with E-state index >= 15 is 0 Å². The van der Waals surface area contributed by atoms with Crippen molar-refractivity contribution in [3.8, 4) is 0 Å². The Bertz CT molecular complexity index is 505. The van der Waals surface area contributed by atoms with Crippen molar-refractivity contribution in [1.29, 1.82) is 0 Å². The summed E-state index contributed by atoms with van der Waals surface area (Å²) in [5, 5.41) is 11.4. The molecular formula is C17H24N2O3. The highest BCUT2D eigenvalue weighted by Gasteiger charge is 2.15. The maximum absolute atomic E-state index is 11.7. The number of nitrogens with one attached hydrogen (secondary N) is 1. The Kier molecular flexibility index (Phi) is 5.81. The molecule has 1 saturated heterocycles. The Morgan fingerprint density at radius 1 is 1.18 bits per heavy atom. The molecule has 22 heavy (non-hydrogen) atoms. The van der Waals surface area contributed by atoms with Crippen LogP contribution >= 0.6 is 0 Å². The van der Waals surface area contributed by atoms with Gasteiger partial charge in [0.15, 0.2) is 0 Å². The lowest BCUT2D eigenvalue weighted by atomic mass is 9.99. The quantitative estimate of drug-likeness (QED) is 0.847. The molecule has 2 rings (SSSR count). The van der Waals surface area contributed by atoms with Gasteiger partial charge in [-0.05, 0) is 49.4 Å². The number of benzene rings is 1. The van der Waals surface area contributed by atoms with Crippen LogP contribution in [0.25, 0.3) is 0 Å². The number of piperidine rings is 1. The Morgan fingerprint density at radius 2 is 1.82 bits per heavy atom. The fourth-order valence-electron chi connectivity index (χ4n) is 2.65. The second kappa shape index (κ2) is 7.82. The molecule has 0 aliphatic carbocycles. The molecule has 1 amide bonds. The molecule has 0 spiro atoms. The van der Waals surface area contributed by atoms with Crippen LogP contribution in [-0.2, 0) is 9.59 Å². The van der Waals surface area contributed by atoms with Crippen LogP contribution < -0.4 is 10.2 Å². The summed E-state index contributed by atoms with van der Waals surface area (Å²) in [7, 11) is 0. The highest BCUT2D eigenvalue weighted by molar-refractivity contribution is 5.91. The van der Waals surface area contributed by atoms with E-state index in [1.807, 2.05) is 24.3 Å². The SMILES string of the molecule is CC1CCN(c2ccc(NC(=O)CCCC(=O)O)cc2)CC1. The number of aliphatic carboxylic acids is 1. The molecule has 1 heterocycles. The number of hydrogen-bond acceptors (Lipinski definition) is 3. The van der Waals surface area contributed by atoms with E-state index < -0.39 is 5.97 Å². The number of carboxylic acid groups (broad SMARTS) is 1. The first kappa shape index (κ1) is 16.3. The topological polar surface area (TPSA) is 69.6 Å². The summed E-state index contributed by atoms with van der Waals surface area (Å²) >= 11 is 0. The van der Waals surface area contributed by atoms with Gasteiger partial charge in [0.1, 0.15) is 0 Å². The fourth-order valence-corrected chi connectivity index (χ4v) is 2.65. The van der Waals surface area contributed by atoms with Gasteiger partial charge in [-0.25, -0.2) is 0 Å². The van der Waals surface area contributed by atoms with Crippen molar-refractivity contribution in [2.45, 2.75) is 39.0 Å². The summed E-state index contributed by atoms with van der Waals surface area (Å²) in [5.41, 5.74) is 1.95. The third kappa shape index (κ3) is 5.06. The van der Waals surface area contributed by atoms with Crippen LogP contribution in [-0.4, -0.2) is 30.1 Å². The number of amides is 1. The monoisotopic (exact) mass is 304 g/mol. The van der Waals surface area contributed by atoms with Crippen molar-refractivity contribution in [3.63, 3.8) is 0 Å². The maximum Gasteiger partial charge on any atom is 0.303 e. The second-order valence-corrected chi connectivity index (χ2v) is 6.01. The van der Waals surface area contributed by atoms with E-state index in [0.717, 1.165) is 24.7 Å². The zero-order chi connectivity index (χ0) is 15.9. The van der Waals surface area contributed by atoms with Gasteiger partial charge in [0.2, 0.25) is 5.91 Å². The summed E-state index contributed by atoms with van der Waals surface area (Å²) in [4.78, 5) is 24.5. The molecule has 1 aliphatic rings. The maximum atomic E-state index is 11.7. The zero-order valence-corrected chi connectivity index (χ0v) is 13.0. The van der Waals surface area contributed by atoms with Gasteiger partial charge in [-0.1, -0.05) is 6.92 Å². The second-order valence-electron chi connectivity index (χ2n) is 6.01. The molecule has 0 aromatic heterocycles. The first-order chi connectivity index (χ1) is 10.5. The van der Waals surface area contributed by atoms with E-state index in [1.165, 1.54) is 18.5 Å². The van der Waals surface area contributed by atoms with Gasteiger partial charge in [0, 0.05) is 37.3 Å². The Hall–Kier alpha value is -2.04. The molecule has 0 radical (unpaired) electrons. The summed E-state index contributed by atoms with van der Waals surface area (Å²) in [6, 6.07) is 7.87. The smallest absolute Gasteiger partial charge is 0.303 e. The average Bonchev–Trinajstić information content (AvgIpc) is 2.48. The van der Waals surface area contributed by atoms with Gasteiger partial charge in [-0.3, -0.25) is 9.59 Å². The molecule has 5 nitrogen and oxygen atoms in total. The number of carbonyl (C=O) groups excluding carboxylic acids is 1. The van der Waals surface area contributed by atoms with Crippen molar-refractivity contribution in [1.82, 2.24) is 0 Å². The zero-order valence-electron chi connectivity index (χ0n) is 13.0. The Morgan fingerprint density at radius 3 is 2.41 bits per heavy atom. The number of nitrogens with zero attached hydrogens (tertiary/aromatic N) is 1. The number of carboxylic acids is 1. The molecule has 1 aromatic rings. The van der Waals surface area contributed by atoms with Crippen LogP contribution in [0.1, 0.15) is 39.0 Å². The predicted octanol–water partition coefficient (Wildman–Crippen LogP) is 3.12. The van der Waals surface area contributed by atoms with Crippen molar-refractivity contribution < 1.29 is 14.7 Å². The van der Waals surface area contributed by atoms with Crippen LogP contribution in [0.15, 0.2) is 24.3 Å². The van der Waals surface area contributed by atoms with Crippen LogP contribution in [0.5, 0.6) is 0 Å². The van der Waals surface area contributed by atoms with Crippen molar-refractivity contribution >= 4 is 23.3 Å². The van der Waals surface area contributed by atoms with E-state index in [1.54, 1.807) is 0 Å². The minimum absolute atomic E-state index is 0.0275. The molecule has 1 fully saturated rings. The summed E-state index contributed by atoms with van der Waals surface area (Å²) in [6.45, 7) is 4.46. The molecule has 0 unspecified atom stereocenters. The van der Waals surface area contributed by atoms with Crippen molar-refractivity contribution in [3.05, 3.63) is 24.3 Å². The number of carbonyl (C=O) groups is 2. The average molecular weight is 304 g/mol. The molecule has 0 bridgehead atoms. The van der Waals surface area contributed by atoms with Crippen LogP contribution in [0.4, 0.5) is 11.4 Å². The minimum atomic E-state index is -0.868. The number of anilines is 2. The van der Waals surface area contributed by atoms with Crippen molar-refractivity contribution in [2.24, 2.45) is 5.92 Å². The summed E-state index contributed by atoms with van der Waals surface area (Å²) in [5.74, 6) is -0.200. The Balaban J connectivity index is 1.81. The van der Waals surface area contributed by atoms with Gasteiger partial charge in [-0.15, -0.1) is 0 Å². The molecule has 1 aromatic carbocycles. The van der Waals surface area contributed by atoms with Crippen LogP contribution in [0.2, 0.25) is 0 Å². The first-order valence-electron chi connectivity index (χ1n) is 7.91. The molecule has 0 saturated carbocycles. The molecule has 120 valence electrons. The molecule has 0 atom stereocenters. The van der Waals surface area contributed by atoms with E-state index in [0.29, 0.717) is 6.42 Å². The minimum Gasteiger partial charge on any atom is -0.481 e. The van der Waals surface area contributed by atoms with Crippen LogP contribution in [0, 0.1) is 5.92 Å². The first-order valence-corrected chi connectivity index (χ1v) is 7.91. The third-order valence-electron chi connectivity index (χ3n) is 4.09. The lowest BCUT2D eigenvalue weighted by Crippen LogP contribution is -2.32. The van der Waals surface area contributed by atoms with Gasteiger partial charge in [0.25, 0.3) is 0 Å². The standard InChI is InChI=1S/C17H24N2O3/c1-13-9-11-19(12-10-13)15-7-5-14(6-8-15)18-16(20)3-2-4-17(21)22/h5-8,13H,2-4,9-12H2,1H3,(H,18,20)(H,21,22). The fraction of sp³-hybridized carbons (Fsp3) is 0.529. The highest BCUT2D eigenvalue weighted by Crippen LogP contribution is 2.24. The largest absolute Gasteiger partial charge is 0.481 e. The highest BCUT2D eigenvalue weighted by atomic mass is 16.4. The van der Waals surface area contributed by atoms with Gasteiger partial charge in [-0.2, -0.15) is 0 Å². The van der Waals surface area contributed by atoms with E-state index in [9.17, 15) is 9.59 Å². The number of rotatable bonds is 6. The normalized spacial score (nSPS) is 15.6. The lowest BCUT2D eigenvalue weighted by molar-refractivity contribution is -0.137. The van der Waals surface area contributed by atoms with Crippen molar-refractivity contribution in [2.75, 3.05) is 23.3 Å². The van der Waals surface area contributed by atoms with Gasteiger partial charge in [0.05, 0.1) is 0 Å². The predicted molar refractivity (Wildman–Crippen MR) is 87.2 cm³/mol. The molecule has 2 N–H and O–H groups in total. The van der Waals surface area contributed by atoms with Gasteiger partial charge < -0.3 is 15.3 Å². The summed E-state index contributed by atoms with van der Waals surface area (Å²) < 4.78 is 0. The van der Waals surface area contributed by atoms with E-state index in [2.05, 4.69) is 17.1 Å². The number of hydrogen-bond donors (Lipinski definition) is 2. The van der Waals surface area contributed by atoms with Crippen LogP contribution in [0.3, 0.4) is 0 Å². The third-order valence-corrected chi connectivity index (χ3v) is 4.09. The lowest BCUT2D eigenvalue weighted by Gasteiger charge is -2.32. The van der Waals surface area contributed by atoms with E-state index in [-0.39, 0.29) is 18.7 Å². The molecule has 5 heteroatoms. The van der Waals surface area contributed by atoms with Gasteiger partial charge >= 0.3 is 5.97 Å². The van der Waals surface area contributed by atoms with E-state index in [4.69, 9.17) is 5.11 Å². The Labute approximate surface area is 131 Å².